The fraction of sp³-hybridized carbons (Fsp3) is 0.444. The fourth-order valence-electron chi connectivity index (χ4n) is 2.51. The first-order valence-electron chi connectivity index (χ1n) is 8.27. The molecule has 0 spiro atoms. The van der Waals surface area contributed by atoms with E-state index in [9.17, 15) is 19.1 Å². The Morgan fingerprint density at radius 2 is 2.00 bits per heavy atom. The first-order valence-corrected chi connectivity index (χ1v) is 8.27. The molecule has 1 aliphatic heterocycles. The van der Waals surface area contributed by atoms with Crippen molar-refractivity contribution in [1.82, 2.24) is 10.6 Å². The molecule has 0 radical (unpaired) electrons. The van der Waals surface area contributed by atoms with E-state index in [1.807, 2.05) is 0 Å². The molecule has 0 aromatic heterocycles. The van der Waals surface area contributed by atoms with Gasteiger partial charge in [0.2, 0.25) is 11.8 Å². The third-order valence-electron chi connectivity index (χ3n) is 3.93. The van der Waals surface area contributed by atoms with Crippen LogP contribution in [0.3, 0.4) is 0 Å². The summed E-state index contributed by atoms with van der Waals surface area (Å²) in [6.07, 6.45) is 2.69. The lowest BCUT2D eigenvalue weighted by atomic mass is 10.0. The van der Waals surface area contributed by atoms with Gasteiger partial charge in [-0.05, 0) is 6.07 Å². The molecule has 136 valence electrons. The molecule has 25 heavy (non-hydrogen) atoms. The van der Waals surface area contributed by atoms with Crippen LogP contribution >= 0.6 is 0 Å². The van der Waals surface area contributed by atoms with Crippen molar-refractivity contribution >= 4 is 11.8 Å². The number of benzene rings is 1. The number of aliphatic hydroxyl groups excluding tert-OH is 1. The van der Waals surface area contributed by atoms with Gasteiger partial charge < -0.3 is 20.5 Å². The van der Waals surface area contributed by atoms with Crippen molar-refractivity contribution < 1.29 is 23.8 Å². The molecule has 0 saturated heterocycles. The van der Waals surface area contributed by atoms with Gasteiger partial charge in [0.15, 0.2) is 0 Å². The zero-order valence-corrected chi connectivity index (χ0v) is 14.1. The van der Waals surface area contributed by atoms with Crippen LogP contribution in [-0.2, 0) is 20.9 Å². The molecular formula is C18H23FN2O4. The van der Waals surface area contributed by atoms with Crippen LogP contribution in [0.1, 0.15) is 25.3 Å². The molecule has 1 aromatic carbocycles. The normalized spacial score (nSPS) is 22.4. The lowest BCUT2D eigenvalue weighted by Crippen LogP contribution is -2.48. The average molecular weight is 350 g/mol. The van der Waals surface area contributed by atoms with Crippen LogP contribution in [0.15, 0.2) is 36.4 Å². The number of halogens is 1. The minimum Gasteiger partial charge on any atom is -0.394 e. The van der Waals surface area contributed by atoms with Gasteiger partial charge >= 0.3 is 0 Å². The lowest BCUT2D eigenvalue weighted by molar-refractivity contribution is -0.128. The third kappa shape index (κ3) is 5.65. The minimum absolute atomic E-state index is 0.0515. The van der Waals surface area contributed by atoms with E-state index in [1.54, 1.807) is 37.3 Å². The average Bonchev–Trinajstić information content (AvgIpc) is 2.62. The van der Waals surface area contributed by atoms with Crippen molar-refractivity contribution in [2.24, 2.45) is 0 Å². The van der Waals surface area contributed by atoms with Gasteiger partial charge in [0.05, 0.1) is 25.2 Å². The van der Waals surface area contributed by atoms with Crippen LogP contribution in [-0.4, -0.2) is 41.8 Å². The second kappa shape index (κ2) is 9.29. The molecule has 3 atom stereocenters. The second-order valence-corrected chi connectivity index (χ2v) is 5.80. The number of rotatable bonds is 7. The summed E-state index contributed by atoms with van der Waals surface area (Å²) in [4.78, 5) is 23.5. The lowest BCUT2D eigenvalue weighted by Gasteiger charge is -2.31. The molecule has 2 rings (SSSR count). The quantitative estimate of drug-likeness (QED) is 0.641. The topological polar surface area (TPSA) is 87.7 Å². The largest absolute Gasteiger partial charge is 0.394 e. The number of aliphatic hydroxyl groups is 1. The summed E-state index contributed by atoms with van der Waals surface area (Å²) < 4.78 is 19.2. The van der Waals surface area contributed by atoms with Crippen molar-refractivity contribution in [3.63, 3.8) is 0 Å². The Hall–Kier alpha value is -2.25. The third-order valence-corrected chi connectivity index (χ3v) is 3.93. The van der Waals surface area contributed by atoms with E-state index in [4.69, 9.17) is 4.74 Å². The predicted octanol–water partition coefficient (Wildman–Crippen LogP) is 1.04. The number of carbonyl (C=O) groups excluding carboxylic acids is 2. The Morgan fingerprint density at radius 1 is 1.24 bits per heavy atom. The summed E-state index contributed by atoms with van der Waals surface area (Å²) in [5.74, 6) is -0.796. The Labute approximate surface area is 146 Å². The van der Waals surface area contributed by atoms with E-state index in [-0.39, 0.29) is 37.2 Å². The molecule has 0 saturated carbocycles. The van der Waals surface area contributed by atoms with Crippen LogP contribution in [0.25, 0.3) is 0 Å². The molecule has 0 bridgehead atoms. The molecule has 0 aliphatic carbocycles. The van der Waals surface area contributed by atoms with E-state index >= 15 is 0 Å². The van der Waals surface area contributed by atoms with E-state index < -0.39 is 18.2 Å². The highest BCUT2D eigenvalue weighted by Gasteiger charge is 2.28. The number of hydrogen-bond acceptors (Lipinski definition) is 4. The Bertz CT molecular complexity index is 635. The molecule has 1 heterocycles. The minimum atomic E-state index is -0.607. The van der Waals surface area contributed by atoms with Crippen LogP contribution in [0.4, 0.5) is 4.39 Å². The Kier molecular flexibility index (Phi) is 7.09. The van der Waals surface area contributed by atoms with Crippen molar-refractivity contribution in [2.75, 3.05) is 6.61 Å². The Balaban J connectivity index is 1.86. The van der Waals surface area contributed by atoms with E-state index in [1.165, 1.54) is 6.07 Å². The molecule has 0 unspecified atom stereocenters. The maximum atomic E-state index is 13.5. The number of nitrogens with one attached hydrogen (secondary N) is 2. The number of amides is 2. The van der Waals surface area contributed by atoms with E-state index in [2.05, 4.69) is 10.6 Å². The van der Waals surface area contributed by atoms with Gasteiger partial charge in [-0.1, -0.05) is 37.3 Å². The maximum absolute atomic E-state index is 13.5. The van der Waals surface area contributed by atoms with Crippen molar-refractivity contribution in [3.8, 4) is 0 Å². The molecule has 3 N–H and O–H groups in total. The molecule has 1 aromatic rings. The van der Waals surface area contributed by atoms with Crippen LogP contribution in [0.2, 0.25) is 0 Å². The van der Waals surface area contributed by atoms with Gasteiger partial charge in [0.25, 0.3) is 0 Å². The smallest absolute Gasteiger partial charge is 0.223 e. The molecule has 6 nitrogen and oxygen atoms in total. The summed E-state index contributed by atoms with van der Waals surface area (Å²) in [7, 11) is 0. The standard InChI is InChI=1S/C18H23FN2O4/c1-2-17(23)21-15-8-7-13(25-16(15)11-22)9-18(24)20-10-12-5-3-4-6-14(12)19/h3-8,13,15-16,22H,2,9-11H2,1H3,(H,20,24)(H,21,23)/t13-,15-,16-/m1/s1. The van der Waals surface area contributed by atoms with E-state index in [0.717, 1.165) is 0 Å². The highest BCUT2D eigenvalue weighted by molar-refractivity contribution is 5.77. The van der Waals surface area contributed by atoms with Crippen molar-refractivity contribution in [1.29, 1.82) is 0 Å². The summed E-state index contributed by atoms with van der Waals surface area (Å²) in [5.41, 5.74) is 0.409. The van der Waals surface area contributed by atoms with Crippen molar-refractivity contribution in [3.05, 3.63) is 47.8 Å². The number of ether oxygens (including phenoxy) is 1. The van der Waals surface area contributed by atoms with Crippen LogP contribution in [0.5, 0.6) is 0 Å². The second-order valence-electron chi connectivity index (χ2n) is 5.80. The summed E-state index contributed by atoms with van der Waals surface area (Å²) in [6.45, 7) is 1.56. The van der Waals surface area contributed by atoms with Crippen molar-refractivity contribution in [2.45, 2.75) is 44.6 Å². The maximum Gasteiger partial charge on any atom is 0.223 e. The number of carbonyl (C=O) groups is 2. The highest BCUT2D eigenvalue weighted by atomic mass is 19.1. The summed E-state index contributed by atoms with van der Waals surface area (Å²) >= 11 is 0. The highest BCUT2D eigenvalue weighted by Crippen LogP contribution is 2.16. The Morgan fingerprint density at radius 3 is 2.68 bits per heavy atom. The molecular weight excluding hydrogens is 327 g/mol. The molecule has 0 fully saturated rings. The molecule has 1 aliphatic rings. The van der Waals surface area contributed by atoms with Gasteiger partial charge in [0, 0.05) is 18.5 Å². The summed E-state index contributed by atoms with van der Waals surface area (Å²) in [6, 6.07) is 5.81. The zero-order valence-electron chi connectivity index (χ0n) is 14.1. The molecule has 7 heteroatoms. The van der Waals surface area contributed by atoms with Gasteiger partial charge in [0.1, 0.15) is 11.9 Å². The van der Waals surface area contributed by atoms with Gasteiger partial charge in [-0.3, -0.25) is 9.59 Å². The number of hydrogen-bond donors (Lipinski definition) is 3. The first kappa shape index (κ1) is 19.1. The summed E-state index contributed by atoms with van der Waals surface area (Å²) in [5, 5.41) is 14.8. The predicted molar refractivity (Wildman–Crippen MR) is 90.0 cm³/mol. The van der Waals surface area contributed by atoms with E-state index in [0.29, 0.717) is 12.0 Å². The monoisotopic (exact) mass is 350 g/mol. The zero-order chi connectivity index (χ0) is 18.2. The molecule has 2 amide bonds. The first-order chi connectivity index (χ1) is 12.0. The SMILES string of the molecule is CCC(=O)N[C@@H]1C=C[C@H](CC(=O)NCc2ccccc2F)O[C@@H]1CO. The fourth-order valence-corrected chi connectivity index (χ4v) is 2.51. The van der Waals surface area contributed by atoms with Gasteiger partial charge in [-0.2, -0.15) is 0 Å². The van der Waals surface area contributed by atoms with Crippen LogP contribution < -0.4 is 10.6 Å². The van der Waals surface area contributed by atoms with Gasteiger partial charge in [-0.15, -0.1) is 0 Å². The van der Waals surface area contributed by atoms with Gasteiger partial charge in [-0.25, -0.2) is 4.39 Å². The van der Waals surface area contributed by atoms with Crippen LogP contribution in [0, 0.1) is 5.82 Å².